The van der Waals surface area contributed by atoms with Crippen molar-refractivity contribution >= 4 is 0 Å². The van der Waals surface area contributed by atoms with Gasteiger partial charge in [-0.2, -0.15) is 0 Å². The molecule has 0 radical (unpaired) electrons. The quantitative estimate of drug-likeness (QED) is 0.727. The van der Waals surface area contributed by atoms with Crippen molar-refractivity contribution in [1.29, 1.82) is 0 Å². The van der Waals surface area contributed by atoms with E-state index in [0.717, 1.165) is 24.4 Å². The SMILES string of the molecule is CCNCC1CCN(C(C)CC(C)C)C1. The fourth-order valence-electron chi connectivity index (χ4n) is 2.61. The minimum absolute atomic E-state index is 0.775. The molecule has 2 heteroatoms. The molecule has 15 heavy (non-hydrogen) atoms. The molecule has 1 N–H and O–H groups in total. The maximum absolute atomic E-state index is 3.46. The van der Waals surface area contributed by atoms with Crippen molar-refractivity contribution in [3.63, 3.8) is 0 Å². The molecule has 0 saturated carbocycles. The molecule has 0 aliphatic carbocycles. The highest BCUT2D eigenvalue weighted by atomic mass is 15.2. The molecule has 0 aromatic carbocycles. The molecule has 0 aromatic heterocycles. The third kappa shape index (κ3) is 4.52. The molecule has 1 aliphatic heterocycles. The van der Waals surface area contributed by atoms with E-state index in [1.54, 1.807) is 0 Å². The second-order valence-electron chi connectivity index (χ2n) is 5.44. The van der Waals surface area contributed by atoms with Gasteiger partial charge in [0.05, 0.1) is 0 Å². The van der Waals surface area contributed by atoms with Crippen molar-refractivity contribution in [1.82, 2.24) is 10.2 Å². The summed E-state index contributed by atoms with van der Waals surface area (Å²) in [6, 6.07) is 0.775. The predicted octanol–water partition coefficient (Wildman–Crippen LogP) is 2.35. The summed E-state index contributed by atoms with van der Waals surface area (Å²) in [6.45, 7) is 14.2. The van der Waals surface area contributed by atoms with Crippen molar-refractivity contribution < 1.29 is 0 Å². The van der Waals surface area contributed by atoms with Crippen LogP contribution in [0.25, 0.3) is 0 Å². The monoisotopic (exact) mass is 212 g/mol. The molecule has 0 bridgehead atoms. The van der Waals surface area contributed by atoms with E-state index in [4.69, 9.17) is 0 Å². The minimum atomic E-state index is 0.775. The van der Waals surface area contributed by atoms with Crippen LogP contribution in [0.1, 0.15) is 40.5 Å². The van der Waals surface area contributed by atoms with Crippen LogP contribution in [0.3, 0.4) is 0 Å². The van der Waals surface area contributed by atoms with Crippen LogP contribution in [0, 0.1) is 11.8 Å². The van der Waals surface area contributed by atoms with Gasteiger partial charge in [-0.15, -0.1) is 0 Å². The van der Waals surface area contributed by atoms with Gasteiger partial charge >= 0.3 is 0 Å². The highest BCUT2D eigenvalue weighted by Gasteiger charge is 2.25. The summed E-state index contributed by atoms with van der Waals surface area (Å²) in [5.74, 6) is 1.72. The lowest BCUT2D eigenvalue weighted by Crippen LogP contribution is -2.33. The number of likely N-dealkylation sites (tertiary alicyclic amines) is 1. The Hall–Kier alpha value is -0.0800. The Kier molecular flexibility index (Phi) is 5.62. The molecule has 0 aromatic rings. The van der Waals surface area contributed by atoms with E-state index in [1.165, 1.54) is 32.5 Å². The van der Waals surface area contributed by atoms with E-state index < -0.39 is 0 Å². The first-order valence-corrected chi connectivity index (χ1v) is 6.58. The highest BCUT2D eigenvalue weighted by molar-refractivity contribution is 4.80. The molecule has 0 amide bonds. The zero-order chi connectivity index (χ0) is 11.3. The molecule has 1 aliphatic rings. The molecule has 2 nitrogen and oxygen atoms in total. The largest absolute Gasteiger partial charge is 0.317 e. The summed E-state index contributed by atoms with van der Waals surface area (Å²) in [5.41, 5.74) is 0. The molecule has 1 saturated heterocycles. The molecule has 1 fully saturated rings. The van der Waals surface area contributed by atoms with E-state index in [9.17, 15) is 0 Å². The summed E-state index contributed by atoms with van der Waals surface area (Å²) >= 11 is 0. The van der Waals surface area contributed by atoms with Crippen molar-refractivity contribution in [2.24, 2.45) is 11.8 Å². The van der Waals surface area contributed by atoms with E-state index in [1.807, 2.05) is 0 Å². The average Bonchev–Trinajstić information content (AvgIpc) is 2.62. The van der Waals surface area contributed by atoms with Crippen LogP contribution >= 0.6 is 0 Å². The number of rotatable bonds is 6. The van der Waals surface area contributed by atoms with Gasteiger partial charge < -0.3 is 10.2 Å². The fourth-order valence-corrected chi connectivity index (χ4v) is 2.61. The Labute approximate surface area is 95.4 Å². The lowest BCUT2D eigenvalue weighted by atomic mass is 10.0. The summed E-state index contributed by atoms with van der Waals surface area (Å²) in [6.07, 6.45) is 2.73. The van der Waals surface area contributed by atoms with Gasteiger partial charge in [-0.1, -0.05) is 20.8 Å². The Morgan fingerprint density at radius 2 is 2.07 bits per heavy atom. The Morgan fingerprint density at radius 3 is 2.67 bits per heavy atom. The standard InChI is InChI=1S/C13H28N2/c1-5-14-9-13-6-7-15(10-13)12(4)8-11(2)3/h11-14H,5-10H2,1-4H3. The average molecular weight is 212 g/mol. The minimum Gasteiger partial charge on any atom is -0.317 e. The van der Waals surface area contributed by atoms with Crippen molar-refractivity contribution in [3.8, 4) is 0 Å². The number of nitrogens with zero attached hydrogens (tertiary/aromatic N) is 1. The van der Waals surface area contributed by atoms with E-state index in [2.05, 4.69) is 37.9 Å². The zero-order valence-electron chi connectivity index (χ0n) is 10.9. The number of hydrogen-bond donors (Lipinski definition) is 1. The van der Waals surface area contributed by atoms with Crippen LogP contribution in [0.5, 0.6) is 0 Å². The summed E-state index contributed by atoms with van der Waals surface area (Å²) in [4.78, 5) is 2.67. The summed E-state index contributed by atoms with van der Waals surface area (Å²) < 4.78 is 0. The molecule has 90 valence electrons. The maximum Gasteiger partial charge on any atom is 0.00694 e. The highest BCUT2D eigenvalue weighted by Crippen LogP contribution is 2.21. The topological polar surface area (TPSA) is 15.3 Å². The zero-order valence-corrected chi connectivity index (χ0v) is 10.9. The van der Waals surface area contributed by atoms with Crippen LogP contribution < -0.4 is 5.32 Å². The van der Waals surface area contributed by atoms with Gasteiger partial charge in [0, 0.05) is 12.6 Å². The fraction of sp³-hybridized carbons (Fsp3) is 1.00. The maximum atomic E-state index is 3.46. The number of nitrogens with one attached hydrogen (secondary N) is 1. The van der Waals surface area contributed by atoms with Crippen LogP contribution in [0.2, 0.25) is 0 Å². The van der Waals surface area contributed by atoms with Crippen LogP contribution in [-0.2, 0) is 0 Å². The first kappa shape index (κ1) is 13.0. The van der Waals surface area contributed by atoms with E-state index in [-0.39, 0.29) is 0 Å². The number of hydrogen-bond acceptors (Lipinski definition) is 2. The van der Waals surface area contributed by atoms with Gasteiger partial charge in [0.1, 0.15) is 0 Å². The molecule has 1 heterocycles. The molecular weight excluding hydrogens is 184 g/mol. The molecule has 2 atom stereocenters. The van der Waals surface area contributed by atoms with Crippen LogP contribution in [0.15, 0.2) is 0 Å². The molecular formula is C13H28N2. The first-order chi connectivity index (χ1) is 7.13. The van der Waals surface area contributed by atoms with Gasteiger partial charge in [-0.25, -0.2) is 0 Å². The van der Waals surface area contributed by atoms with E-state index in [0.29, 0.717) is 0 Å². The predicted molar refractivity (Wildman–Crippen MR) is 67.1 cm³/mol. The first-order valence-electron chi connectivity index (χ1n) is 6.58. The van der Waals surface area contributed by atoms with Gasteiger partial charge in [0.25, 0.3) is 0 Å². The van der Waals surface area contributed by atoms with Gasteiger partial charge in [0.2, 0.25) is 0 Å². The van der Waals surface area contributed by atoms with Crippen LogP contribution in [-0.4, -0.2) is 37.1 Å². The Bertz CT molecular complexity index is 168. The smallest absolute Gasteiger partial charge is 0.00694 e. The van der Waals surface area contributed by atoms with Crippen molar-refractivity contribution in [2.45, 2.75) is 46.6 Å². The van der Waals surface area contributed by atoms with Crippen molar-refractivity contribution in [3.05, 3.63) is 0 Å². The lowest BCUT2D eigenvalue weighted by molar-refractivity contribution is 0.220. The second-order valence-corrected chi connectivity index (χ2v) is 5.44. The molecule has 0 spiro atoms. The summed E-state index contributed by atoms with van der Waals surface area (Å²) in [5, 5.41) is 3.46. The van der Waals surface area contributed by atoms with Gasteiger partial charge in [-0.05, 0) is 51.2 Å². The third-order valence-corrected chi connectivity index (χ3v) is 3.44. The van der Waals surface area contributed by atoms with Gasteiger partial charge in [0.15, 0.2) is 0 Å². The molecule has 1 rings (SSSR count). The normalized spacial score (nSPS) is 25.0. The van der Waals surface area contributed by atoms with Gasteiger partial charge in [-0.3, -0.25) is 0 Å². The third-order valence-electron chi connectivity index (χ3n) is 3.44. The van der Waals surface area contributed by atoms with Crippen molar-refractivity contribution in [2.75, 3.05) is 26.2 Å². The second kappa shape index (κ2) is 6.49. The molecule has 2 unspecified atom stereocenters. The van der Waals surface area contributed by atoms with E-state index >= 15 is 0 Å². The summed E-state index contributed by atoms with van der Waals surface area (Å²) in [7, 11) is 0. The Morgan fingerprint density at radius 1 is 1.33 bits per heavy atom. The van der Waals surface area contributed by atoms with Crippen LogP contribution in [0.4, 0.5) is 0 Å². The Balaban J connectivity index is 2.22. The lowest BCUT2D eigenvalue weighted by Gasteiger charge is -2.25.